The number of halogens is 1. The van der Waals surface area contributed by atoms with Crippen LogP contribution in [0.2, 0.25) is 5.02 Å². The predicted molar refractivity (Wildman–Crippen MR) is 129 cm³/mol. The van der Waals surface area contributed by atoms with E-state index in [2.05, 4.69) is 4.90 Å². The van der Waals surface area contributed by atoms with E-state index in [0.717, 1.165) is 38.9 Å². The van der Waals surface area contributed by atoms with Crippen molar-refractivity contribution in [1.29, 1.82) is 0 Å². The topological polar surface area (TPSA) is 88.9 Å². The normalized spacial score (nSPS) is 15.4. The van der Waals surface area contributed by atoms with Crippen LogP contribution in [0.25, 0.3) is 22.1 Å². The first kappa shape index (κ1) is 21.4. The van der Waals surface area contributed by atoms with Gasteiger partial charge in [-0.25, -0.2) is 0 Å². The van der Waals surface area contributed by atoms with Crippen LogP contribution in [0, 0.1) is 0 Å². The zero-order valence-corrected chi connectivity index (χ0v) is 18.8. The Morgan fingerprint density at radius 3 is 2.73 bits per heavy atom. The van der Waals surface area contributed by atoms with E-state index in [1.165, 1.54) is 0 Å². The number of fused-ring (bicyclic) bond motifs is 2. The molecule has 0 bridgehead atoms. The number of benzene rings is 3. The van der Waals surface area contributed by atoms with Crippen molar-refractivity contribution in [3.8, 4) is 16.9 Å². The summed E-state index contributed by atoms with van der Waals surface area (Å²) in [5.41, 5.74) is 11.7. The second kappa shape index (κ2) is 8.46. The van der Waals surface area contributed by atoms with Crippen LogP contribution in [0.4, 0.5) is 5.69 Å². The first-order valence-corrected chi connectivity index (χ1v) is 11.0. The number of aliphatic carboxylic acids is 1. The molecule has 0 radical (unpaired) electrons. The van der Waals surface area contributed by atoms with Gasteiger partial charge < -0.3 is 24.9 Å². The number of carboxylic acids is 1. The molecular formula is C26H23ClN2O4. The molecule has 7 heteroatoms. The van der Waals surface area contributed by atoms with Crippen molar-refractivity contribution in [3.63, 3.8) is 0 Å². The van der Waals surface area contributed by atoms with E-state index in [9.17, 15) is 9.90 Å². The molecule has 0 amide bonds. The lowest BCUT2D eigenvalue weighted by molar-refractivity contribution is -0.136. The summed E-state index contributed by atoms with van der Waals surface area (Å²) in [6.07, 6.45) is 1.26. The molecule has 1 aliphatic heterocycles. The summed E-state index contributed by atoms with van der Waals surface area (Å²) in [5, 5.41) is 10.9. The standard InChI is InChI=1S/C26H23ClN2O4/c1-29-14-22(33-26-15(12-23(30)31)4-3-7-21(26)29)18-10-16-8-9-32-25(16)20(11-18)19-6-2-5-17(13-28)24(19)27/h2-11,22H,12-14,28H2,1H3,(H,30,31)/t22-/m1/s1. The van der Waals surface area contributed by atoms with Crippen molar-refractivity contribution < 1.29 is 19.1 Å². The summed E-state index contributed by atoms with van der Waals surface area (Å²) in [5.74, 6) is -0.288. The van der Waals surface area contributed by atoms with E-state index in [4.69, 9.17) is 26.5 Å². The van der Waals surface area contributed by atoms with Gasteiger partial charge in [0.05, 0.1) is 29.9 Å². The molecule has 0 spiro atoms. The number of ether oxygens (including phenoxy) is 1. The maximum Gasteiger partial charge on any atom is 0.307 e. The number of hydrogen-bond acceptors (Lipinski definition) is 5. The highest BCUT2D eigenvalue weighted by molar-refractivity contribution is 6.34. The Morgan fingerprint density at radius 2 is 1.94 bits per heavy atom. The fourth-order valence-electron chi connectivity index (χ4n) is 4.45. The summed E-state index contributed by atoms with van der Waals surface area (Å²) in [7, 11) is 1.98. The highest BCUT2D eigenvalue weighted by atomic mass is 35.5. The number of furan rings is 1. The average molecular weight is 463 g/mol. The summed E-state index contributed by atoms with van der Waals surface area (Å²) < 4.78 is 12.2. The number of anilines is 1. The van der Waals surface area contributed by atoms with Gasteiger partial charge in [0, 0.05) is 35.7 Å². The number of nitrogens with two attached hydrogens (primary N) is 1. The lowest BCUT2D eigenvalue weighted by Crippen LogP contribution is -2.32. The fraction of sp³-hybridized carbons (Fsp3) is 0.192. The van der Waals surface area contributed by atoms with Gasteiger partial charge in [-0.1, -0.05) is 41.9 Å². The highest BCUT2D eigenvalue weighted by Crippen LogP contribution is 2.43. The van der Waals surface area contributed by atoms with Crippen LogP contribution in [-0.2, 0) is 17.8 Å². The third kappa shape index (κ3) is 3.81. The van der Waals surface area contributed by atoms with Gasteiger partial charge in [0.25, 0.3) is 0 Å². The Morgan fingerprint density at radius 1 is 1.15 bits per heavy atom. The summed E-state index contributed by atoms with van der Waals surface area (Å²) >= 11 is 6.69. The lowest BCUT2D eigenvalue weighted by Gasteiger charge is -2.35. The smallest absolute Gasteiger partial charge is 0.307 e. The van der Waals surface area contributed by atoms with Gasteiger partial charge in [-0.05, 0) is 35.4 Å². The molecule has 6 nitrogen and oxygen atoms in total. The van der Waals surface area contributed by atoms with Gasteiger partial charge in [0.2, 0.25) is 0 Å². The molecule has 0 saturated heterocycles. The third-order valence-electron chi connectivity index (χ3n) is 6.06. The van der Waals surface area contributed by atoms with E-state index in [1.54, 1.807) is 12.3 Å². The maximum absolute atomic E-state index is 11.4. The average Bonchev–Trinajstić information content (AvgIpc) is 3.28. The summed E-state index contributed by atoms with van der Waals surface area (Å²) in [6, 6.07) is 17.4. The van der Waals surface area contributed by atoms with Gasteiger partial charge in [-0.3, -0.25) is 4.79 Å². The van der Waals surface area contributed by atoms with Gasteiger partial charge in [0.1, 0.15) is 17.4 Å². The highest BCUT2D eigenvalue weighted by Gasteiger charge is 2.28. The number of nitrogens with zero attached hydrogens (tertiary/aromatic N) is 1. The molecule has 3 N–H and O–H groups in total. The molecule has 0 fully saturated rings. The van der Waals surface area contributed by atoms with Crippen LogP contribution in [0.5, 0.6) is 5.75 Å². The summed E-state index contributed by atoms with van der Waals surface area (Å²) in [4.78, 5) is 13.5. The minimum absolute atomic E-state index is 0.1000. The van der Waals surface area contributed by atoms with Crippen molar-refractivity contribution in [2.75, 3.05) is 18.5 Å². The molecule has 5 rings (SSSR count). The van der Waals surface area contributed by atoms with Crippen molar-refractivity contribution in [1.82, 2.24) is 0 Å². The molecule has 168 valence electrons. The molecule has 2 heterocycles. The van der Waals surface area contributed by atoms with Gasteiger partial charge in [-0.15, -0.1) is 0 Å². The first-order chi connectivity index (χ1) is 16.0. The van der Waals surface area contributed by atoms with Gasteiger partial charge in [0.15, 0.2) is 0 Å². The Kier molecular flexibility index (Phi) is 5.48. The third-order valence-corrected chi connectivity index (χ3v) is 6.51. The van der Waals surface area contributed by atoms with Crippen LogP contribution >= 0.6 is 11.6 Å². The SMILES string of the molecule is CN1C[C@H](c2cc(-c3cccc(CN)c3Cl)c3occc3c2)Oc2c(CC(=O)O)cccc21. The molecule has 3 aromatic carbocycles. The molecule has 4 aromatic rings. The Bertz CT molecular complexity index is 1360. The van der Waals surface area contributed by atoms with Gasteiger partial charge in [-0.2, -0.15) is 0 Å². The second-order valence-corrected chi connectivity index (χ2v) is 8.59. The quantitative estimate of drug-likeness (QED) is 0.412. The lowest BCUT2D eigenvalue weighted by atomic mass is 9.95. The minimum Gasteiger partial charge on any atom is -0.481 e. The molecule has 1 aliphatic rings. The van der Waals surface area contributed by atoms with Crippen molar-refractivity contribution in [2.45, 2.75) is 19.1 Å². The number of rotatable bonds is 5. The van der Waals surface area contributed by atoms with Crippen LogP contribution in [0.3, 0.4) is 0 Å². The Hall–Kier alpha value is -3.48. The van der Waals surface area contributed by atoms with Crippen LogP contribution < -0.4 is 15.4 Å². The van der Waals surface area contributed by atoms with E-state index in [-0.39, 0.29) is 12.5 Å². The largest absolute Gasteiger partial charge is 0.481 e. The van der Waals surface area contributed by atoms with E-state index < -0.39 is 5.97 Å². The molecular weight excluding hydrogens is 440 g/mol. The fourth-order valence-corrected chi connectivity index (χ4v) is 4.75. The second-order valence-electron chi connectivity index (χ2n) is 8.21. The number of carboxylic acid groups (broad SMARTS) is 1. The first-order valence-electron chi connectivity index (χ1n) is 10.7. The number of hydrogen-bond donors (Lipinski definition) is 2. The van der Waals surface area contributed by atoms with Crippen LogP contribution in [-0.4, -0.2) is 24.7 Å². The molecule has 0 unspecified atom stereocenters. The van der Waals surface area contributed by atoms with Crippen molar-refractivity contribution in [2.24, 2.45) is 5.73 Å². The zero-order chi connectivity index (χ0) is 23.1. The van der Waals surface area contributed by atoms with Crippen LogP contribution in [0.1, 0.15) is 22.8 Å². The van der Waals surface area contributed by atoms with E-state index >= 15 is 0 Å². The number of carbonyl (C=O) groups is 1. The van der Waals surface area contributed by atoms with Crippen LogP contribution in [0.15, 0.2) is 65.3 Å². The molecule has 0 saturated carbocycles. The molecule has 1 atom stereocenters. The Balaban J connectivity index is 1.62. The Labute approximate surface area is 196 Å². The summed E-state index contributed by atoms with van der Waals surface area (Å²) in [6.45, 7) is 0.955. The minimum atomic E-state index is -0.895. The molecule has 1 aromatic heterocycles. The molecule has 0 aliphatic carbocycles. The van der Waals surface area contributed by atoms with E-state index in [0.29, 0.717) is 29.4 Å². The monoisotopic (exact) mass is 462 g/mol. The van der Waals surface area contributed by atoms with E-state index in [1.807, 2.05) is 55.6 Å². The number of para-hydroxylation sites is 1. The maximum atomic E-state index is 11.4. The zero-order valence-electron chi connectivity index (χ0n) is 18.0. The van der Waals surface area contributed by atoms with Crippen molar-refractivity contribution >= 4 is 34.2 Å². The van der Waals surface area contributed by atoms with Gasteiger partial charge >= 0.3 is 5.97 Å². The predicted octanol–water partition coefficient (Wildman–Crippen LogP) is 5.41. The molecule has 33 heavy (non-hydrogen) atoms. The van der Waals surface area contributed by atoms with Crippen molar-refractivity contribution in [3.05, 3.63) is 82.6 Å². The number of likely N-dealkylation sites (N-methyl/N-ethyl adjacent to an activating group) is 1.